The highest BCUT2D eigenvalue weighted by molar-refractivity contribution is 7.90. The van der Waals surface area contributed by atoms with E-state index in [1.165, 1.54) is 21.7 Å². The molecule has 0 aliphatic rings. The van der Waals surface area contributed by atoms with Crippen molar-refractivity contribution in [2.24, 2.45) is 0 Å². The van der Waals surface area contributed by atoms with Crippen molar-refractivity contribution >= 4 is 28.2 Å². The predicted octanol–water partition coefficient (Wildman–Crippen LogP) is 4.52. The molecule has 2 heterocycles. The summed E-state index contributed by atoms with van der Waals surface area (Å²) in [5.41, 5.74) is 1.63. The summed E-state index contributed by atoms with van der Waals surface area (Å²) in [6.07, 6.45) is 0.378. The minimum absolute atomic E-state index is 0.00245. The van der Waals surface area contributed by atoms with Crippen LogP contribution in [-0.2, 0) is 21.7 Å². The van der Waals surface area contributed by atoms with Gasteiger partial charge in [0.05, 0.1) is 16.7 Å². The van der Waals surface area contributed by atoms with E-state index in [-0.39, 0.29) is 16.7 Å². The average molecular weight is 526 g/mol. The summed E-state index contributed by atoms with van der Waals surface area (Å²) in [4.78, 5) is 23.5. The van der Waals surface area contributed by atoms with Crippen molar-refractivity contribution in [3.8, 4) is 5.75 Å². The van der Waals surface area contributed by atoms with Gasteiger partial charge >= 0.3 is 17.4 Å². The number of halogens is 3. The summed E-state index contributed by atoms with van der Waals surface area (Å²) in [6.45, 7) is 1.10. The van der Waals surface area contributed by atoms with Crippen LogP contribution in [0.3, 0.4) is 0 Å². The smallest absolute Gasteiger partial charge is 0.422 e. The Morgan fingerprint density at radius 1 is 1.28 bits per heavy atom. The van der Waals surface area contributed by atoms with Gasteiger partial charge in [0.2, 0.25) is 0 Å². The number of hydrogen-bond donors (Lipinski definition) is 0. The second-order valence-electron chi connectivity index (χ2n) is 8.08. The maximum atomic E-state index is 13.4. The lowest BCUT2D eigenvalue weighted by atomic mass is 10.2. The van der Waals surface area contributed by atoms with Crippen LogP contribution in [0.5, 0.6) is 5.75 Å². The quantitative estimate of drug-likeness (QED) is 0.270. The molecular formula is C24H28F3N4O4S. The predicted molar refractivity (Wildman–Crippen MR) is 129 cm³/mol. The first-order valence-electron chi connectivity index (χ1n) is 11.2. The van der Waals surface area contributed by atoms with Crippen LogP contribution in [0.25, 0.3) is 11.0 Å². The molecule has 1 radical (unpaired) electrons. The first-order valence-corrected chi connectivity index (χ1v) is 12.5. The highest BCUT2D eigenvalue weighted by Gasteiger charge is 2.31. The minimum Gasteiger partial charge on any atom is -0.609 e. The van der Waals surface area contributed by atoms with Gasteiger partial charge in [-0.05, 0) is 44.4 Å². The number of methoxy groups -OCH3 is 1. The van der Waals surface area contributed by atoms with Gasteiger partial charge in [-0.2, -0.15) is 18.2 Å². The Morgan fingerprint density at radius 3 is 2.75 bits per heavy atom. The van der Waals surface area contributed by atoms with E-state index in [0.717, 1.165) is 12.8 Å². The molecule has 2 aromatic heterocycles. The number of ether oxygens (including phenoxy) is 2. The van der Waals surface area contributed by atoms with E-state index in [0.29, 0.717) is 35.4 Å². The van der Waals surface area contributed by atoms with Gasteiger partial charge in [0.1, 0.15) is 5.75 Å². The molecule has 0 aliphatic carbocycles. The number of carbonyl (C=O) groups excluding carboxylic acids is 1. The molecule has 3 aromatic rings. The molecular weight excluding hydrogens is 497 g/mol. The molecule has 36 heavy (non-hydrogen) atoms. The molecule has 0 spiro atoms. The second kappa shape index (κ2) is 12.4. The van der Waals surface area contributed by atoms with Crippen molar-refractivity contribution in [3.63, 3.8) is 0 Å². The van der Waals surface area contributed by atoms with Crippen LogP contribution in [0.2, 0.25) is 0 Å². The summed E-state index contributed by atoms with van der Waals surface area (Å²) >= 11 is -1.83. The molecule has 0 saturated carbocycles. The lowest BCUT2D eigenvalue weighted by molar-refractivity contribution is -0.153. The lowest BCUT2D eigenvalue weighted by Gasteiger charge is -2.19. The number of carbonyl (C=O) groups is 1. The maximum absolute atomic E-state index is 13.4. The summed E-state index contributed by atoms with van der Waals surface area (Å²) in [7, 11) is 3.27. The number of hydrogen-bond acceptors (Lipinski definition) is 6. The van der Waals surface area contributed by atoms with Crippen LogP contribution in [0.4, 0.5) is 18.0 Å². The zero-order valence-electron chi connectivity index (χ0n) is 20.2. The van der Waals surface area contributed by atoms with Gasteiger partial charge in [0.15, 0.2) is 12.4 Å². The van der Waals surface area contributed by atoms with Gasteiger partial charge in [-0.25, -0.2) is 9.36 Å². The average Bonchev–Trinajstić information content (AvgIpc) is 3.23. The number of para-hydroxylation sites is 2. The molecule has 0 saturated heterocycles. The van der Waals surface area contributed by atoms with Crippen LogP contribution in [0.15, 0.2) is 41.7 Å². The van der Waals surface area contributed by atoms with Crippen LogP contribution >= 0.6 is 0 Å². The largest absolute Gasteiger partial charge is 0.609 e. The van der Waals surface area contributed by atoms with Gasteiger partial charge < -0.3 is 18.9 Å². The minimum atomic E-state index is -4.49. The Hall–Kier alpha value is -2.83. The van der Waals surface area contributed by atoms with Gasteiger partial charge in [-0.1, -0.05) is 12.1 Å². The Balaban J connectivity index is 1.83. The van der Waals surface area contributed by atoms with Gasteiger partial charge in [-0.3, -0.25) is 4.98 Å². The number of imidazole rings is 1. The number of alkyl halides is 3. The van der Waals surface area contributed by atoms with E-state index >= 15 is 0 Å². The first-order chi connectivity index (χ1) is 17.1. The van der Waals surface area contributed by atoms with Crippen LogP contribution < -0.4 is 4.74 Å². The fourth-order valence-electron chi connectivity index (χ4n) is 3.46. The third-order valence-electron chi connectivity index (χ3n) is 5.33. The Bertz CT molecular complexity index is 1170. The summed E-state index contributed by atoms with van der Waals surface area (Å²) in [5, 5.41) is 0.0373. The summed E-state index contributed by atoms with van der Waals surface area (Å²) < 4.78 is 62.4. The molecule has 12 heteroatoms. The SMILES string of the molecule is COCCC[CH]CN(C)C(=O)n1c([S@+]([O-])Cc2nccc(OCC(F)(F)F)c2C)nc2ccccc21. The standard InChI is InChI=1S/C24H28F3N4O4S/c1-17-19(28-12-11-21(17)35-16-24(25,26)27)15-36(33)22-29-18-9-5-6-10-20(18)31(22)23(32)30(2)13-7-4-8-14-34-3/h5-7,9-12H,4,8,13-16H2,1-3H3/t36-/m1/s1. The van der Waals surface area contributed by atoms with Gasteiger partial charge in [0.25, 0.3) is 0 Å². The zero-order chi connectivity index (χ0) is 26.3. The van der Waals surface area contributed by atoms with E-state index in [1.54, 1.807) is 45.3 Å². The molecule has 195 valence electrons. The topological polar surface area (TPSA) is 92.5 Å². The number of aromatic nitrogens is 3. The zero-order valence-corrected chi connectivity index (χ0v) is 21.1. The molecule has 0 bridgehead atoms. The molecule has 0 aliphatic heterocycles. The lowest BCUT2D eigenvalue weighted by Crippen LogP contribution is -2.34. The van der Waals surface area contributed by atoms with Crippen molar-refractivity contribution in [2.75, 3.05) is 33.9 Å². The Labute approximate surface area is 210 Å². The first kappa shape index (κ1) is 27.8. The van der Waals surface area contributed by atoms with Gasteiger partial charge in [0, 0.05) is 50.2 Å². The number of nitrogens with zero attached hydrogens (tertiary/aromatic N) is 4. The summed E-state index contributed by atoms with van der Waals surface area (Å²) in [5.74, 6) is -0.152. The molecule has 0 fully saturated rings. The highest BCUT2D eigenvalue weighted by atomic mass is 32.2. The van der Waals surface area contributed by atoms with E-state index < -0.39 is 30.0 Å². The Morgan fingerprint density at radius 2 is 2.03 bits per heavy atom. The van der Waals surface area contributed by atoms with Gasteiger partial charge in [-0.15, -0.1) is 0 Å². The van der Waals surface area contributed by atoms with Crippen molar-refractivity contribution in [1.29, 1.82) is 0 Å². The normalized spacial score (nSPS) is 12.6. The monoisotopic (exact) mass is 525 g/mol. The van der Waals surface area contributed by atoms with E-state index in [2.05, 4.69) is 9.97 Å². The molecule has 1 atom stereocenters. The van der Waals surface area contributed by atoms with Crippen molar-refractivity contribution in [3.05, 3.63) is 54.2 Å². The molecule has 8 nitrogen and oxygen atoms in total. The second-order valence-corrected chi connectivity index (χ2v) is 9.42. The molecule has 0 N–H and O–H groups in total. The van der Waals surface area contributed by atoms with Crippen LogP contribution in [0, 0.1) is 13.3 Å². The molecule has 1 aromatic carbocycles. The molecule has 1 amide bonds. The van der Waals surface area contributed by atoms with Crippen molar-refractivity contribution < 1.29 is 32.0 Å². The van der Waals surface area contributed by atoms with E-state index in [4.69, 9.17) is 9.47 Å². The van der Waals surface area contributed by atoms with Crippen molar-refractivity contribution in [1.82, 2.24) is 19.4 Å². The summed E-state index contributed by atoms with van der Waals surface area (Å²) in [6, 6.07) is 7.87. The third kappa shape index (κ3) is 7.11. The number of amides is 1. The molecule has 3 rings (SSSR count). The highest BCUT2D eigenvalue weighted by Crippen LogP contribution is 2.27. The Kier molecular flexibility index (Phi) is 9.57. The van der Waals surface area contributed by atoms with E-state index in [9.17, 15) is 22.5 Å². The number of fused-ring (bicyclic) bond motifs is 1. The van der Waals surface area contributed by atoms with Crippen LogP contribution in [0.1, 0.15) is 24.1 Å². The van der Waals surface area contributed by atoms with E-state index in [1.807, 2.05) is 6.42 Å². The molecule has 0 unspecified atom stereocenters. The number of rotatable bonds is 11. The van der Waals surface area contributed by atoms with Crippen LogP contribution in [-0.4, -0.2) is 70.1 Å². The number of benzene rings is 1. The van der Waals surface area contributed by atoms with Crippen molar-refractivity contribution in [2.45, 2.75) is 36.9 Å². The maximum Gasteiger partial charge on any atom is 0.422 e. The fraction of sp³-hybridized carbons (Fsp3) is 0.417. The number of unbranched alkanes of at least 4 members (excludes halogenated alkanes) is 2. The fourth-order valence-corrected chi connectivity index (χ4v) is 4.71. The number of pyridine rings is 1. The third-order valence-corrected chi connectivity index (χ3v) is 6.55.